The molecule has 0 saturated heterocycles. The van der Waals surface area contributed by atoms with Crippen molar-refractivity contribution in [2.45, 2.75) is 31.6 Å². The first-order valence-electron chi connectivity index (χ1n) is 9.56. The molecule has 4 heteroatoms. The number of allylic oxidation sites excluding steroid dienone is 1. The van der Waals surface area contributed by atoms with Crippen LogP contribution in [0.3, 0.4) is 0 Å². The van der Waals surface area contributed by atoms with E-state index in [0.29, 0.717) is 34.4 Å². The van der Waals surface area contributed by atoms with Crippen LogP contribution in [0, 0.1) is 0 Å². The van der Waals surface area contributed by atoms with Gasteiger partial charge in [-0.3, -0.25) is 4.79 Å². The molecule has 0 N–H and O–H groups in total. The predicted molar refractivity (Wildman–Crippen MR) is 109 cm³/mol. The Hall–Kier alpha value is -3.14. The van der Waals surface area contributed by atoms with Crippen LogP contribution in [-0.2, 0) is 11.2 Å². The maximum Gasteiger partial charge on any atom is 0.338 e. The van der Waals surface area contributed by atoms with E-state index in [4.69, 9.17) is 9.15 Å². The minimum atomic E-state index is -0.440. The van der Waals surface area contributed by atoms with Gasteiger partial charge in [0.1, 0.15) is 11.3 Å². The SMILES string of the molecule is C=CCc1c(C2CC2c2ccccc2)oc2ccc(C(=O)OCC)cc2c1=O. The van der Waals surface area contributed by atoms with Crippen LogP contribution in [-0.4, -0.2) is 12.6 Å². The number of carbonyl (C=O) groups is 1. The molecule has 2 aromatic carbocycles. The Morgan fingerprint density at radius 2 is 2.00 bits per heavy atom. The van der Waals surface area contributed by atoms with Crippen LogP contribution in [0.15, 0.2) is 70.4 Å². The minimum Gasteiger partial charge on any atom is -0.462 e. The smallest absolute Gasteiger partial charge is 0.338 e. The molecule has 0 amide bonds. The third-order valence-corrected chi connectivity index (χ3v) is 5.23. The molecule has 0 radical (unpaired) electrons. The lowest BCUT2D eigenvalue weighted by atomic mass is 10.0. The van der Waals surface area contributed by atoms with Gasteiger partial charge in [-0.2, -0.15) is 0 Å². The fourth-order valence-electron chi connectivity index (χ4n) is 3.78. The Kier molecular flexibility index (Phi) is 4.86. The van der Waals surface area contributed by atoms with Crippen molar-refractivity contribution < 1.29 is 13.9 Å². The van der Waals surface area contributed by atoms with Crippen molar-refractivity contribution in [2.24, 2.45) is 0 Å². The van der Waals surface area contributed by atoms with Gasteiger partial charge in [-0.1, -0.05) is 36.4 Å². The number of fused-ring (bicyclic) bond motifs is 1. The van der Waals surface area contributed by atoms with E-state index in [1.807, 2.05) is 18.2 Å². The second-order valence-corrected chi connectivity index (χ2v) is 7.06. The lowest BCUT2D eigenvalue weighted by molar-refractivity contribution is 0.0526. The molecule has 3 aromatic rings. The first-order valence-corrected chi connectivity index (χ1v) is 9.56. The molecule has 1 fully saturated rings. The second-order valence-electron chi connectivity index (χ2n) is 7.06. The Balaban J connectivity index is 1.78. The predicted octanol–water partition coefficient (Wildman–Crippen LogP) is 4.97. The first kappa shape index (κ1) is 18.2. The van der Waals surface area contributed by atoms with Gasteiger partial charge in [0.05, 0.1) is 17.6 Å². The topological polar surface area (TPSA) is 56.5 Å². The highest BCUT2D eigenvalue weighted by Crippen LogP contribution is 2.55. The maximum atomic E-state index is 13.2. The zero-order valence-electron chi connectivity index (χ0n) is 15.8. The molecule has 2 atom stereocenters. The van der Waals surface area contributed by atoms with E-state index < -0.39 is 5.97 Å². The van der Waals surface area contributed by atoms with E-state index in [1.165, 1.54) is 5.56 Å². The highest BCUT2D eigenvalue weighted by molar-refractivity contribution is 5.94. The average molecular weight is 374 g/mol. The number of esters is 1. The zero-order chi connectivity index (χ0) is 19.7. The Labute approximate surface area is 163 Å². The Morgan fingerprint density at radius 1 is 1.21 bits per heavy atom. The molecule has 1 saturated carbocycles. The molecule has 4 rings (SSSR count). The van der Waals surface area contributed by atoms with E-state index in [1.54, 1.807) is 31.2 Å². The molecule has 2 unspecified atom stereocenters. The van der Waals surface area contributed by atoms with Crippen molar-refractivity contribution in [2.75, 3.05) is 6.61 Å². The molecule has 0 aliphatic heterocycles. The molecule has 4 nitrogen and oxygen atoms in total. The average Bonchev–Trinajstić information content (AvgIpc) is 3.51. The molecule has 0 bridgehead atoms. The number of benzene rings is 2. The molecule has 1 aliphatic carbocycles. The number of rotatable bonds is 6. The van der Waals surface area contributed by atoms with Crippen molar-refractivity contribution in [3.05, 3.63) is 93.9 Å². The van der Waals surface area contributed by atoms with Gasteiger partial charge in [0.2, 0.25) is 0 Å². The quantitative estimate of drug-likeness (QED) is 0.451. The number of hydrogen-bond acceptors (Lipinski definition) is 4. The maximum absolute atomic E-state index is 13.2. The van der Waals surface area contributed by atoms with E-state index in [0.717, 1.165) is 12.2 Å². The van der Waals surface area contributed by atoms with Gasteiger partial charge in [0.15, 0.2) is 5.43 Å². The highest BCUT2D eigenvalue weighted by atomic mass is 16.5. The van der Waals surface area contributed by atoms with Crippen molar-refractivity contribution in [1.82, 2.24) is 0 Å². The summed E-state index contributed by atoms with van der Waals surface area (Å²) < 4.78 is 11.2. The van der Waals surface area contributed by atoms with Crippen LogP contribution in [0.5, 0.6) is 0 Å². The lowest BCUT2D eigenvalue weighted by Gasteiger charge is -2.10. The second kappa shape index (κ2) is 7.47. The molecular weight excluding hydrogens is 352 g/mol. The fraction of sp³-hybridized carbons (Fsp3) is 0.250. The molecule has 142 valence electrons. The van der Waals surface area contributed by atoms with E-state index >= 15 is 0 Å². The van der Waals surface area contributed by atoms with E-state index in [9.17, 15) is 9.59 Å². The lowest BCUT2D eigenvalue weighted by Crippen LogP contribution is -2.13. The van der Waals surface area contributed by atoms with Gasteiger partial charge in [0.25, 0.3) is 0 Å². The van der Waals surface area contributed by atoms with E-state index in [-0.39, 0.29) is 18.0 Å². The summed E-state index contributed by atoms with van der Waals surface area (Å²) in [6.07, 6.45) is 3.12. The zero-order valence-corrected chi connectivity index (χ0v) is 15.8. The molecular formula is C24H22O4. The Morgan fingerprint density at radius 3 is 2.71 bits per heavy atom. The number of carbonyl (C=O) groups excluding carboxylic acids is 1. The van der Waals surface area contributed by atoms with Crippen LogP contribution in [0.2, 0.25) is 0 Å². The monoisotopic (exact) mass is 374 g/mol. The molecule has 28 heavy (non-hydrogen) atoms. The van der Waals surface area contributed by atoms with Crippen LogP contribution < -0.4 is 5.43 Å². The van der Waals surface area contributed by atoms with Crippen LogP contribution >= 0.6 is 0 Å². The van der Waals surface area contributed by atoms with Crippen molar-refractivity contribution in [3.63, 3.8) is 0 Å². The van der Waals surface area contributed by atoms with Crippen molar-refractivity contribution >= 4 is 16.9 Å². The van der Waals surface area contributed by atoms with Gasteiger partial charge >= 0.3 is 5.97 Å². The summed E-state index contributed by atoms with van der Waals surface area (Å²) in [6.45, 7) is 5.83. The molecule has 1 aliphatic rings. The fourth-order valence-corrected chi connectivity index (χ4v) is 3.78. The van der Waals surface area contributed by atoms with Gasteiger partial charge in [-0.05, 0) is 49.4 Å². The van der Waals surface area contributed by atoms with Crippen LogP contribution in [0.25, 0.3) is 11.0 Å². The minimum absolute atomic E-state index is 0.0963. The summed E-state index contributed by atoms with van der Waals surface area (Å²) in [7, 11) is 0. The summed E-state index contributed by atoms with van der Waals surface area (Å²) in [5.41, 5.74) is 2.65. The summed E-state index contributed by atoms with van der Waals surface area (Å²) in [5, 5.41) is 0.406. The first-order chi connectivity index (χ1) is 13.6. The van der Waals surface area contributed by atoms with Gasteiger partial charge in [0, 0.05) is 11.5 Å². The standard InChI is InChI=1S/C24H22O4/c1-3-8-17-22(25)20-13-16(24(26)27-4-2)11-12-21(20)28-23(17)19-14-18(19)15-9-6-5-7-10-15/h3,5-7,9-13,18-19H,1,4,8,14H2,2H3. The van der Waals surface area contributed by atoms with Crippen LogP contribution in [0.1, 0.15) is 52.4 Å². The normalized spacial score (nSPS) is 18.0. The highest BCUT2D eigenvalue weighted by Gasteiger charge is 2.43. The van der Waals surface area contributed by atoms with Crippen molar-refractivity contribution in [1.29, 1.82) is 0 Å². The van der Waals surface area contributed by atoms with Gasteiger partial charge in [-0.15, -0.1) is 6.58 Å². The van der Waals surface area contributed by atoms with E-state index in [2.05, 4.69) is 18.7 Å². The Bertz CT molecular complexity index is 1090. The molecule has 1 aromatic heterocycles. The van der Waals surface area contributed by atoms with Crippen molar-refractivity contribution in [3.8, 4) is 0 Å². The number of hydrogen-bond donors (Lipinski definition) is 0. The molecule has 1 heterocycles. The summed E-state index contributed by atoms with van der Waals surface area (Å²) in [6, 6.07) is 15.2. The molecule has 0 spiro atoms. The summed E-state index contributed by atoms with van der Waals surface area (Å²) in [5.74, 6) is 0.864. The van der Waals surface area contributed by atoms with Crippen LogP contribution in [0.4, 0.5) is 0 Å². The number of ether oxygens (including phenoxy) is 1. The van der Waals surface area contributed by atoms with Gasteiger partial charge in [-0.25, -0.2) is 4.79 Å². The third-order valence-electron chi connectivity index (χ3n) is 5.23. The largest absolute Gasteiger partial charge is 0.462 e. The summed E-state index contributed by atoms with van der Waals surface area (Å²) in [4.78, 5) is 25.2. The van der Waals surface area contributed by atoms with Gasteiger partial charge < -0.3 is 9.15 Å². The third kappa shape index (κ3) is 3.26. The summed E-state index contributed by atoms with van der Waals surface area (Å²) >= 11 is 0.